The van der Waals surface area contributed by atoms with Crippen LogP contribution >= 0.6 is 15.9 Å². The summed E-state index contributed by atoms with van der Waals surface area (Å²) in [6.07, 6.45) is 0. The molecule has 0 fully saturated rings. The summed E-state index contributed by atoms with van der Waals surface area (Å²) in [6.45, 7) is 2.02. The first-order valence-corrected chi connectivity index (χ1v) is 5.68. The molecule has 2 rings (SSSR count). The number of aryl methyl sites for hydroxylation is 2. The third kappa shape index (κ3) is 1.53. The van der Waals surface area contributed by atoms with E-state index in [1.165, 1.54) is 7.11 Å². The minimum absolute atomic E-state index is 0.330. The van der Waals surface area contributed by atoms with Gasteiger partial charge in [-0.05, 0) is 35.0 Å². The third-order valence-corrected chi connectivity index (χ3v) is 3.47. The van der Waals surface area contributed by atoms with E-state index in [4.69, 9.17) is 4.74 Å². The molecule has 3 nitrogen and oxygen atoms in total. The maximum atomic E-state index is 11.6. The molecule has 0 aliphatic heterocycles. The van der Waals surface area contributed by atoms with Crippen molar-refractivity contribution in [3.63, 3.8) is 0 Å². The van der Waals surface area contributed by atoms with Gasteiger partial charge >= 0.3 is 5.97 Å². The molecule has 0 aliphatic rings. The number of methoxy groups -OCH3 is 1. The van der Waals surface area contributed by atoms with Crippen molar-refractivity contribution in [2.24, 2.45) is 7.05 Å². The molecule has 0 atom stereocenters. The third-order valence-electron chi connectivity index (χ3n) is 2.67. The number of carbonyl (C=O) groups excluding carboxylic acids is 1. The fraction of sp³-hybridized carbons (Fsp3) is 0.250. The lowest BCUT2D eigenvalue weighted by atomic mass is 10.2. The van der Waals surface area contributed by atoms with Crippen molar-refractivity contribution in [3.8, 4) is 0 Å². The van der Waals surface area contributed by atoms with Gasteiger partial charge in [0.1, 0.15) is 5.69 Å². The second kappa shape index (κ2) is 3.94. The summed E-state index contributed by atoms with van der Waals surface area (Å²) < 4.78 is 7.40. The number of carbonyl (C=O) groups is 1. The van der Waals surface area contributed by atoms with Gasteiger partial charge in [0.15, 0.2) is 0 Å². The van der Waals surface area contributed by atoms with E-state index in [1.807, 2.05) is 36.7 Å². The van der Waals surface area contributed by atoms with E-state index in [0.717, 1.165) is 20.9 Å². The van der Waals surface area contributed by atoms with Crippen LogP contribution in [0.2, 0.25) is 0 Å². The van der Waals surface area contributed by atoms with Crippen molar-refractivity contribution in [1.29, 1.82) is 0 Å². The maximum absolute atomic E-state index is 11.6. The standard InChI is InChI=1S/C12H12BrNO2/c1-7-4-5-9-8(6-7)10(13)11(14(9)2)12(15)16-3/h4-6H,1-3H3. The summed E-state index contributed by atoms with van der Waals surface area (Å²) in [6, 6.07) is 6.07. The van der Waals surface area contributed by atoms with Crippen LogP contribution in [0.3, 0.4) is 0 Å². The van der Waals surface area contributed by atoms with Gasteiger partial charge in [-0.25, -0.2) is 4.79 Å². The largest absolute Gasteiger partial charge is 0.464 e. The Morgan fingerprint density at radius 3 is 2.75 bits per heavy atom. The van der Waals surface area contributed by atoms with Crippen LogP contribution in [0, 0.1) is 6.92 Å². The van der Waals surface area contributed by atoms with E-state index < -0.39 is 0 Å². The first-order valence-electron chi connectivity index (χ1n) is 4.89. The summed E-state index contributed by atoms with van der Waals surface area (Å²) in [5.74, 6) is -0.330. The van der Waals surface area contributed by atoms with Crippen molar-refractivity contribution in [3.05, 3.63) is 33.9 Å². The van der Waals surface area contributed by atoms with Crippen LogP contribution in [0.5, 0.6) is 0 Å². The lowest BCUT2D eigenvalue weighted by Gasteiger charge is -2.01. The smallest absolute Gasteiger partial charge is 0.355 e. The molecule has 1 aromatic carbocycles. The maximum Gasteiger partial charge on any atom is 0.355 e. The number of esters is 1. The van der Waals surface area contributed by atoms with E-state index in [1.54, 1.807) is 0 Å². The van der Waals surface area contributed by atoms with Crippen molar-refractivity contribution in [2.75, 3.05) is 7.11 Å². The predicted octanol–water partition coefficient (Wildman–Crippen LogP) is 3.04. The molecular weight excluding hydrogens is 270 g/mol. The van der Waals surface area contributed by atoms with Gasteiger partial charge in [0.25, 0.3) is 0 Å². The number of halogens is 1. The SMILES string of the molecule is COC(=O)c1c(Br)c2cc(C)ccc2n1C. The molecule has 0 saturated carbocycles. The van der Waals surface area contributed by atoms with Gasteiger partial charge in [0, 0.05) is 18.0 Å². The average Bonchev–Trinajstić information content (AvgIpc) is 2.51. The Morgan fingerprint density at radius 1 is 1.44 bits per heavy atom. The molecule has 1 aromatic heterocycles. The van der Waals surface area contributed by atoms with Crippen molar-refractivity contribution in [2.45, 2.75) is 6.92 Å². The lowest BCUT2D eigenvalue weighted by molar-refractivity contribution is 0.0589. The number of benzene rings is 1. The molecule has 0 aliphatic carbocycles. The highest BCUT2D eigenvalue weighted by Gasteiger charge is 2.19. The Balaban J connectivity index is 2.81. The van der Waals surface area contributed by atoms with Crippen LogP contribution < -0.4 is 0 Å². The Hall–Kier alpha value is -1.29. The van der Waals surface area contributed by atoms with Crippen LogP contribution in [0.1, 0.15) is 16.1 Å². The summed E-state index contributed by atoms with van der Waals surface area (Å²) >= 11 is 3.46. The number of nitrogens with zero attached hydrogens (tertiary/aromatic N) is 1. The molecule has 16 heavy (non-hydrogen) atoms. The molecule has 0 unspecified atom stereocenters. The summed E-state index contributed by atoms with van der Waals surface area (Å²) in [5.41, 5.74) is 2.72. The molecule has 2 aromatic rings. The summed E-state index contributed by atoms with van der Waals surface area (Å²) in [5, 5.41) is 1.03. The second-order valence-electron chi connectivity index (χ2n) is 3.73. The molecule has 1 heterocycles. The van der Waals surface area contributed by atoms with E-state index in [0.29, 0.717) is 5.69 Å². The zero-order valence-electron chi connectivity index (χ0n) is 9.37. The van der Waals surface area contributed by atoms with Crippen molar-refractivity contribution in [1.82, 2.24) is 4.57 Å². The second-order valence-corrected chi connectivity index (χ2v) is 4.53. The monoisotopic (exact) mass is 281 g/mol. The van der Waals surface area contributed by atoms with Crippen LogP contribution in [-0.2, 0) is 11.8 Å². The highest BCUT2D eigenvalue weighted by molar-refractivity contribution is 9.10. The molecule has 0 N–H and O–H groups in total. The molecule has 0 spiro atoms. The van der Waals surface area contributed by atoms with Gasteiger partial charge in [0.2, 0.25) is 0 Å². The number of fused-ring (bicyclic) bond motifs is 1. The van der Waals surface area contributed by atoms with Crippen LogP contribution in [-0.4, -0.2) is 17.6 Å². The van der Waals surface area contributed by atoms with Gasteiger partial charge in [-0.3, -0.25) is 0 Å². The minimum atomic E-state index is -0.330. The molecule has 0 bridgehead atoms. The highest BCUT2D eigenvalue weighted by atomic mass is 79.9. The number of rotatable bonds is 1. The fourth-order valence-electron chi connectivity index (χ4n) is 1.84. The molecule has 4 heteroatoms. The van der Waals surface area contributed by atoms with Crippen molar-refractivity contribution >= 4 is 32.8 Å². The van der Waals surface area contributed by atoms with Crippen molar-refractivity contribution < 1.29 is 9.53 Å². The van der Waals surface area contributed by atoms with Gasteiger partial charge in [-0.2, -0.15) is 0 Å². The number of ether oxygens (including phenoxy) is 1. The molecule has 84 valence electrons. The van der Waals surface area contributed by atoms with E-state index >= 15 is 0 Å². The first-order chi connectivity index (χ1) is 7.56. The lowest BCUT2D eigenvalue weighted by Crippen LogP contribution is -2.07. The normalized spacial score (nSPS) is 10.8. The van der Waals surface area contributed by atoms with Gasteiger partial charge < -0.3 is 9.30 Å². The molecule has 0 saturated heterocycles. The van der Waals surface area contributed by atoms with Gasteiger partial charge in [-0.1, -0.05) is 11.6 Å². The van der Waals surface area contributed by atoms with E-state index in [9.17, 15) is 4.79 Å². The zero-order chi connectivity index (χ0) is 11.9. The Bertz CT molecular complexity index is 572. The summed E-state index contributed by atoms with van der Waals surface area (Å²) in [4.78, 5) is 11.6. The highest BCUT2D eigenvalue weighted by Crippen LogP contribution is 2.31. The van der Waals surface area contributed by atoms with Gasteiger partial charge in [0.05, 0.1) is 11.6 Å². The quantitative estimate of drug-likeness (QED) is 0.753. The molecule has 0 radical (unpaired) electrons. The van der Waals surface area contributed by atoms with Crippen LogP contribution in [0.4, 0.5) is 0 Å². The molecule has 0 amide bonds. The average molecular weight is 282 g/mol. The predicted molar refractivity (Wildman–Crippen MR) is 66.7 cm³/mol. The number of hydrogen-bond donors (Lipinski definition) is 0. The fourth-order valence-corrected chi connectivity index (χ4v) is 2.58. The zero-order valence-corrected chi connectivity index (χ0v) is 11.0. The Labute approximate surface area is 102 Å². The topological polar surface area (TPSA) is 31.2 Å². The van der Waals surface area contributed by atoms with Gasteiger partial charge in [-0.15, -0.1) is 0 Å². The van der Waals surface area contributed by atoms with Crippen LogP contribution in [0.15, 0.2) is 22.7 Å². The number of hydrogen-bond acceptors (Lipinski definition) is 2. The Kier molecular flexibility index (Phi) is 2.76. The number of aromatic nitrogens is 1. The first kappa shape index (κ1) is 11.2. The van der Waals surface area contributed by atoms with E-state index in [2.05, 4.69) is 15.9 Å². The molecular formula is C12H12BrNO2. The summed E-state index contributed by atoms with van der Waals surface area (Å²) in [7, 11) is 3.24. The minimum Gasteiger partial charge on any atom is -0.464 e. The van der Waals surface area contributed by atoms with E-state index in [-0.39, 0.29) is 5.97 Å². The Morgan fingerprint density at radius 2 is 2.12 bits per heavy atom. The van der Waals surface area contributed by atoms with Crippen LogP contribution in [0.25, 0.3) is 10.9 Å².